The van der Waals surface area contributed by atoms with Gasteiger partial charge < -0.3 is 19.3 Å². The summed E-state index contributed by atoms with van der Waals surface area (Å²) in [5.41, 5.74) is 12.9. The van der Waals surface area contributed by atoms with Crippen molar-refractivity contribution in [3.8, 4) is 11.1 Å². The van der Waals surface area contributed by atoms with Crippen molar-refractivity contribution >= 4 is 55.7 Å². The Balaban J connectivity index is 1.20. The van der Waals surface area contributed by atoms with Crippen LogP contribution in [-0.4, -0.2) is 14.2 Å². The second-order valence-electron chi connectivity index (χ2n) is 13.9. The fourth-order valence-corrected chi connectivity index (χ4v) is 8.09. The minimum Gasteiger partial charge on any atom is -0.346 e. The first kappa shape index (κ1) is 32.7. The van der Waals surface area contributed by atoms with Crippen molar-refractivity contribution in [3.63, 3.8) is 0 Å². The fraction of sp³-hybridized carbons (Fsp3) is 0.102. The number of anilines is 6. The van der Waals surface area contributed by atoms with Crippen LogP contribution in [0.15, 0.2) is 170 Å². The molecule has 8 aromatic carbocycles. The Hall–Kier alpha value is -6.20. The molecule has 0 saturated heterocycles. The van der Waals surface area contributed by atoms with Crippen molar-refractivity contribution < 1.29 is 9.47 Å². The molecule has 0 aliphatic heterocycles. The van der Waals surface area contributed by atoms with Crippen LogP contribution in [0.1, 0.15) is 22.3 Å². The number of ether oxygens (including phenoxy) is 2. The van der Waals surface area contributed by atoms with Crippen molar-refractivity contribution in [1.29, 1.82) is 0 Å². The van der Waals surface area contributed by atoms with Crippen LogP contribution >= 0.6 is 0 Å². The third-order valence-corrected chi connectivity index (χ3v) is 10.6. The highest BCUT2D eigenvalue weighted by atomic mass is 16.7. The standard InChI is InChI=1S/C49H40N2O2/c1-33-11-9-17-39(27-33)50(41-21-19-35-13-5-7-15-37(35)29-41)43-23-25-45-46-26-24-44(32-48(46)49(52-3,53-4)47(45)31-43)51(40-18-10-12-34(2)28-40)42-22-20-36-14-6-8-16-38(36)30-42/h5-32H,1-4H3. The zero-order valence-electron chi connectivity index (χ0n) is 30.4. The average Bonchev–Trinajstić information content (AvgIpc) is 3.46. The molecule has 8 aromatic rings. The lowest BCUT2D eigenvalue weighted by atomic mass is 10.0. The van der Waals surface area contributed by atoms with E-state index in [1.54, 1.807) is 14.2 Å². The monoisotopic (exact) mass is 688 g/mol. The van der Waals surface area contributed by atoms with Gasteiger partial charge in [-0.2, -0.15) is 0 Å². The number of methoxy groups -OCH3 is 2. The zero-order valence-corrected chi connectivity index (χ0v) is 30.4. The van der Waals surface area contributed by atoms with Crippen molar-refractivity contribution in [2.45, 2.75) is 19.6 Å². The fourth-order valence-electron chi connectivity index (χ4n) is 8.09. The highest BCUT2D eigenvalue weighted by molar-refractivity contribution is 5.93. The molecule has 4 heteroatoms. The van der Waals surface area contributed by atoms with E-state index >= 15 is 0 Å². The van der Waals surface area contributed by atoms with Gasteiger partial charge in [-0.05, 0) is 130 Å². The van der Waals surface area contributed by atoms with Crippen LogP contribution in [0, 0.1) is 13.8 Å². The third kappa shape index (κ3) is 5.55. The Bertz CT molecular complexity index is 2480. The first-order chi connectivity index (χ1) is 26.0. The number of benzene rings is 8. The second-order valence-corrected chi connectivity index (χ2v) is 13.9. The Morgan fingerprint density at radius 2 is 0.736 bits per heavy atom. The van der Waals surface area contributed by atoms with Crippen molar-refractivity contribution in [2.24, 2.45) is 0 Å². The van der Waals surface area contributed by atoms with Crippen LogP contribution in [-0.2, 0) is 15.3 Å². The molecule has 0 N–H and O–H groups in total. The number of hydrogen-bond acceptors (Lipinski definition) is 4. The Morgan fingerprint density at radius 3 is 1.15 bits per heavy atom. The quantitative estimate of drug-likeness (QED) is 0.148. The van der Waals surface area contributed by atoms with Crippen LogP contribution < -0.4 is 9.80 Å². The molecule has 1 aliphatic rings. The number of aryl methyl sites for hydroxylation is 2. The third-order valence-electron chi connectivity index (χ3n) is 10.6. The molecule has 4 nitrogen and oxygen atoms in total. The molecule has 9 rings (SSSR count). The van der Waals surface area contributed by atoms with Crippen LogP contribution in [0.4, 0.5) is 34.1 Å². The first-order valence-electron chi connectivity index (χ1n) is 18.1. The largest absolute Gasteiger partial charge is 0.346 e. The number of rotatable bonds is 8. The molecule has 1 aliphatic carbocycles. The van der Waals surface area contributed by atoms with E-state index in [0.717, 1.165) is 56.4 Å². The smallest absolute Gasteiger partial charge is 0.223 e. The van der Waals surface area contributed by atoms with Gasteiger partial charge in [-0.15, -0.1) is 0 Å². The maximum Gasteiger partial charge on any atom is 0.223 e. The van der Waals surface area contributed by atoms with E-state index in [1.165, 1.54) is 32.7 Å². The van der Waals surface area contributed by atoms with E-state index in [-0.39, 0.29) is 0 Å². The van der Waals surface area contributed by atoms with Gasteiger partial charge >= 0.3 is 0 Å². The van der Waals surface area contributed by atoms with Crippen molar-refractivity contribution in [1.82, 2.24) is 0 Å². The van der Waals surface area contributed by atoms with Gasteiger partial charge in [-0.25, -0.2) is 0 Å². The molecule has 0 amide bonds. The predicted molar refractivity (Wildman–Crippen MR) is 221 cm³/mol. The van der Waals surface area contributed by atoms with Crippen LogP contribution in [0.5, 0.6) is 0 Å². The molecule has 0 heterocycles. The van der Waals surface area contributed by atoms with E-state index < -0.39 is 5.79 Å². The molecular weight excluding hydrogens is 649 g/mol. The van der Waals surface area contributed by atoms with Gasteiger partial charge in [0.1, 0.15) is 0 Å². The molecule has 53 heavy (non-hydrogen) atoms. The number of hydrogen-bond donors (Lipinski definition) is 0. The summed E-state index contributed by atoms with van der Waals surface area (Å²) >= 11 is 0. The molecule has 258 valence electrons. The van der Waals surface area contributed by atoms with Crippen LogP contribution in [0.25, 0.3) is 32.7 Å². The van der Waals surface area contributed by atoms with E-state index in [4.69, 9.17) is 9.47 Å². The summed E-state index contributed by atoms with van der Waals surface area (Å²) in [6, 6.07) is 61.0. The first-order valence-corrected chi connectivity index (χ1v) is 18.1. The van der Waals surface area contributed by atoms with Gasteiger partial charge in [0.25, 0.3) is 0 Å². The molecule has 0 saturated carbocycles. The van der Waals surface area contributed by atoms with E-state index in [1.807, 2.05) is 0 Å². The summed E-state index contributed by atoms with van der Waals surface area (Å²) in [6.45, 7) is 4.27. The van der Waals surface area contributed by atoms with Gasteiger partial charge in [0, 0.05) is 59.5 Å². The molecule has 0 spiro atoms. The SMILES string of the molecule is COC1(OC)c2cc(N(c3cccc(C)c3)c3ccc4ccccc4c3)ccc2-c2ccc(N(c3cccc(C)c3)c3ccc4ccccc4c3)cc21. The second kappa shape index (κ2) is 13.1. The highest BCUT2D eigenvalue weighted by Gasteiger charge is 2.45. The Labute approximate surface area is 311 Å². The molecule has 0 aromatic heterocycles. The molecule has 0 atom stereocenters. The number of fused-ring (bicyclic) bond motifs is 5. The lowest BCUT2D eigenvalue weighted by molar-refractivity contribution is -0.180. The highest BCUT2D eigenvalue weighted by Crippen LogP contribution is 2.53. The summed E-state index contributed by atoms with van der Waals surface area (Å²) in [7, 11) is 3.48. The summed E-state index contributed by atoms with van der Waals surface area (Å²) in [6.07, 6.45) is 0. The van der Waals surface area contributed by atoms with Crippen molar-refractivity contribution in [3.05, 3.63) is 192 Å². The van der Waals surface area contributed by atoms with E-state index in [0.29, 0.717) is 0 Å². The minimum atomic E-state index is -1.12. The van der Waals surface area contributed by atoms with E-state index in [2.05, 4.69) is 194 Å². The molecule has 0 bridgehead atoms. The topological polar surface area (TPSA) is 24.9 Å². The van der Waals surface area contributed by atoms with Gasteiger partial charge in [-0.1, -0.05) is 97.1 Å². The number of nitrogens with zero attached hydrogens (tertiary/aromatic N) is 2. The zero-order chi connectivity index (χ0) is 36.1. The van der Waals surface area contributed by atoms with Gasteiger partial charge in [0.2, 0.25) is 5.79 Å². The molecule has 0 unspecified atom stereocenters. The maximum absolute atomic E-state index is 6.49. The summed E-state index contributed by atoms with van der Waals surface area (Å²) in [4.78, 5) is 4.65. The van der Waals surface area contributed by atoms with Crippen LogP contribution in [0.2, 0.25) is 0 Å². The maximum atomic E-state index is 6.49. The summed E-state index contributed by atoms with van der Waals surface area (Å²) in [5.74, 6) is -1.12. The Kier molecular flexibility index (Phi) is 8.07. The predicted octanol–water partition coefficient (Wildman–Crippen LogP) is 13.0. The summed E-state index contributed by atoms with van der Waals surface area (Å²) < 4.78 is 13.0. The lowest BCUT2D eigenvalue weighted by Crippen LogP contribution is -2.30. The molecule has 0 radical (unpaired) electrons. The van der Waals surface area contributed by atoms with Crippen LogP contribution in [0.3, 0.4) is 0 Å². The van der Waals surface area contributed by atoms with E-state index in [9.17, 15) is 0 Å². The van der Waals surface area contributed by atoms with Gasteiger partial charge in [0.05, 0.1) is 0 Å². The minimum absolute atomic E-state index is 0.971. The lowest BCUT2D eigenvalue weighted by Gasteiger charge is -2.32. The Morgan fingerprint density at radius 1 is 0.358 bits per heavy atom. The normalized spacial score (nSPS) is 12.8. The van der Waals surface area contributed by atoms with Gasteiger partial charge in [-0.3, -0.25) is 0 Å². The summed E-state index contributed by atoms with van der Waals surface area (Å²) in [5, 5.41) is 4.80. The molecule has 0 fully saturated rings. The van der Waals surface area contributed by atoms with Gasteiger partial charge in [0.15, 0.2) is 0 Å². The average molecular weight is 689 g/mol. The van der Waals surface area contributed by atoms with Crippen molar-refractivity contribution in [2.75, 3.05) is 24.0 Å². The molecular formula is C49H40N2O2.